The molecule has 0 spiro atoms. The molecule has 0 aliphatic rings. The molecule has 20 heavy (non-hydrogen) atoms. The summed E-state index contributed by atoms with van der Waals surface area (Å²) in [4.78, 5) is 5.27. The predicted octanol–water partition coefficient (Wildman–Crippen LogP) is 5.57. The first-order valence-corrected chi connectivity index (χ1v) is 8.14. The monoisotopic (exact) mass is 275 g/mol. The molecule has 0 bridgehead atoms. The Hall–Kier alpha value is -1.31. The van der Waals surface area contributed by atoms with Crippen LogP contribution in [0.3, 0.4) is 0 Å². The highest BCUT2D eigenvalue weighted by molar-refractivity contribution is 5.78. The molecule has 0 aliphatic heterocycles. The normalized spacial score (nSPS) is 11.1. The van der Waals surface area contributed by atoms with E-state index in [0.717, 1.165) is 18.6 Å². The highest BCUT2D eigenvalue weighted by atomic mass is 16.6. The van der Waals surface area contributed by atoms with E-state index >= 15 is 0 Å². The third-order valence-electron chi connectivity index (χ3n) is 3.42. The molecule has 0 saturated heterocycles. The van der Waals surface area contributed by atoms with Gasteiger partial charge >= 0.3 is 0 Å². The maximum atomic E-state index is 5.27. The fraction of sp³-hybridized carbons (Fsp3) is 0.611. The van der Waals surface area contributed by atoms with E-state index in [1.807, 2.05) is 30.3 Å². The lowest BCUT2D eigenvalue weighted by atomic mass is 10.1. The van der Waals surface area contributed by atoms with Gasteiger partial charge in [-0.15, -0.1) is 0 Å². The van der Waals surface area contributed by atoms with Gasteiger partial charge in [-0.1, -0.05) is 87.4 Å². The number of hydrogen-bond donors (Lipinski definition) is 0. The molecule has 0 saturated carbocycles. The maximum absolute atomic E-state index is 5.27. The molecule has 0 aliphatic carbocycles. The van der Waals surface area contributed by atoms with Crippen molar-refractivity contribution in [3.05, 3.63) is 35.9 Å². The van der Waals surface area contributed by atoms with Crippen LogP contribution in [0.4, 0.5) is 0 Å². The van der Waals surface area contributed by atoms with Crippen molar-refractivity contribution in [3.63, 3.8) is 0 Å². The van der Waals surface area contributed by atoms with E-state index in [0.29, 0.717) is 0 Å². The summed E-state index contributed by atoms with van der Waals surface area (Å²) in [5.74, 6) is 0. The summed E-state index contributed by atoms with van der Waals surface area (Å²) in [6.07, 6.45) is 13.8. The third-order valence-corrected chi connectivity index (χ3v) is 3.42. The molecule has 0 unspecified atom stereocenters. The Morgan fingerprint density at radius 3 is 2.10 bits per heavy atom. The molecular formula is C18H29NO. The molecule has 2 nitrogen and oxygen atoms in total. The molecule has 0 aromatic heterocycles. The van der Waals surface area contributed by atoms with Gasteiger partial charge in [0, 0.05) is 0 Å². The molecule has 2 heteroatoms. The van der Waals surface area contributed by atoms with Crippen LogP contribution in [0.15, 0.2) is 35.5 Å². The van der Waals surface area contributed by atoms with Crippen molar-refractivity contribution >= 4 is 6.21 Å². The Labute approximate surface area is 124 Å². The quantitative estimate of drug-likeness (QED) is 0.278. The highest BCUT2D eigenvalue weighted by Crippen LogP contribution is 2.09. The van der Waals surface area contributed by atoms with E-state index in [1.165, 1.54) is 51.4 Å². The summed E-state index contributed by atoms with van der Waals surface area (Å²) < 4.78 is 0. The first-order valence-electron chi connectivity index (χ1n) is 8.14. The number of hydrogen-bond acceptors (Lipinski definition) is 2. The third kappa shape index (κ3) is 9.60. The number of oxime groups is 1. The second-order valence-electron chi connectivity index (χ2n) is 5.31. The fourth-order valence-electron chi connectivity index (χ4n) is 2.17. The van der Waals surface area contributed by atoms with Crippen LogP contribution in [-0.2, 0) is 4.84 Å². The minimum atomic E-state index is 0.735. The zero-order valence-corrected chi connectivity index (χ0v) is 12.9. The van der Waals surface area contributed by atoms with Crippen molar-refractivity contribution in [3.8, 4) is 0 Å². The lowest BCUT2D eigenvalue weighted by molar-refractivity contribution is 0.141. The summed E-state index contributed by atoms with van der Waals surface area (Å²) in [5.41, 5.74) is 1.08. The van der Waals surface area contributed by atoms with Crippen molar-refractivity contribution in [2.24, 2.45) is 5.16 Å². The van der Waals surface area contributed by atoms with Gasteiger partial charge in [0.2, 0.25) is 0 Å². The summed E-state index contributed by atoms with van der Waals surface area (Å²) in [6, 6.07) is 10.0. The average Bonchev–Trinajstić information content (AvgIpc) is 2.49. The molecular weight excluding hydrogens is 246 g/mol. The lowest BCUT2D eigenvalue weighted by Gasteiger charge is -2.01. The number of benzene rings is 1. The van der Waals surface area contributed by atoms with Crippen LogP contribution in [0.5, 0.6) is 0 Å². The summed E-state index contributed by atoms with van der Waals surface area (Å²) in [6.45, 7) is 3.00. The van der Waals surface area contributed by atoms with Crippen molar-refractivity contribution in [1.29, 1.82) is 0 Å². The van der Waals surface area contributed by atoms with E-state index < -0.39 is 0 Å². The molecule has 0 radical (unpaired) electrons. The second kappa shape index (κ2) is 12.7. The molecule has 1 aromatic rings. The van der Waals surface area contributed by atoms with E-state index in [4.69, 9.17) is 4.84 Å². The van der Waals surface area contributed by atoms with Gasteiger partial charge in [0.05, 0.1) is 6.21 Å². The van der Waals surface area contributed by atoms with E-state index in [-0.39, 0.29) is 0 Å². The van der Waals surface area contributed by atoms with Gasteiger partial charge in [-0.05, 0) is 18.4 Å². The number of rotatable bonds is 12. The Balaban J connectivity index is 1.84. The molecule has 0 atom stereocenters. The summed E-state index contributed by atoms with van der Waals surface area (Å²) in [7, 11) is 0. The van der Waals surface area contributed by atoms with E-state index in [2.05, 4.69) is 12.1 Å². The van der Waals surface area contributed by atoms with Gasteiger partial charge in [0.1, 0.15) is 6.61 Å². The van der Waals surface area contributed by atoms with Crippen molar-refractivity contribution in [2.75, 3.05) is 6.61 Å². The fourth-order valence-corrected chi connectivity index (χ4v) is 2.17. The first kappa shape index (κ1) is 16.7. The van der Waals surface area contributed by atoms with Crippen LogP contribution >= 0.6 is 0 Å². The standard InChI is InChI=1S/C18H29NO/c1-2-3-4-5-6-7-8-9-13-16-20-19-17-18-14-11-10-12-15-18/h10-12,14-15,17H,2-9,13,16H2,1H3/b19-17+. The predicted molar refractivity (Wildman–Crippen MR) is 87.2 cm³/mol. The average molecular weight is 275 g/mol. The van der Waals surface area contributed by atoms with E-state index in [1.54, 1.807) is 6.21 Å². The van der Waals surface area contributed by atoms with Crippen LogP contribution in [0.25, 0.3) is 0 Å². The van der Waals surface area contributed by atoms with Crippen LogP contribution < -0.4 is 0 Å². The molecule has 0 fully saturated rings. The van der Waals surface area contributed by atoms with Crippen LogP contribution in [-0.4, -0.2) is 12.8 Å². The number of unbranched alkanes of at least 4 members (excludes halogenated alkanes) is 8. The van der Waals surface area contributed by atoms with Crippen molar-refractivity contribution in [1.82, 2.24) is 0 Å². The van der Waals surface area contributed by atoms with Gasteiger partial charge in [-0.3, -0.25) is 0 Å². The zero-order chi connectivity index (χ0) is 14.3. The van der Waals surface area contributed by atoms with Gasteiger partial charge in [0.25, 0.3) is 0 Å². The van der Waals surface area contributed by atoms with Crippen LogP contribution in [0, 0.1) is 0 Å². The van der Waals surface area contributed by atoms with Gasteiger partial charge in [0.15, 0.2) is 0 Å². The Bertz CT molecular complexity index is 335. The second-order valence-corrected chi connectivity index (χ2v) is 5.31. The highest BCUT2D eigenvalue weighted by Gasteiger charge is 1.92. The SMILES string of the molecule is CCCCCCCCCCCO/N=C/c1ccccc1. The Morgan fingerprint density at radius 1 is 0.850 bits per heavy atom. The molecule has 1 aromatic carbocycles. The Kier molecular flexibility index (Phi) is 10.6. The van der Waals surface area contributed by atoms with Gasteiger partial charge in [-0.25, -0.2) is 0 Å². The maximum Gasteiger partial charge on any atom is 0.117 e. The minimum Gasteiger partial charge on any atom is -0.396 e. The van der Waals surface area contributed by atoms with Crippen molar-refractivity contribution < 1.29 is 4.84 Å². The minimum absolute atomic E-state index is 0.735. The molecule has 0 heterocycles. The van der Waals surface area contributed by atoms with E-state index in [9.17, 15) is 0 Å². The van der Waals surface area contributed by atoms with Crippen LogP contribution in [0.1, 0.15) is 70.3 Å². The smallest absolute Gasteiger partial charge is 0.117 e. The largest absolute Gasteiger partial charge is 0.396 e. The summed E-state index contributed by atoms with van der Waals surface area (Å²) >= 11 is 0. The molecule has 0 N–H and O–H groups in total. The lowest BCUT2D eigenvalue weighted by Crippen LogP contribution is -1.90. The first-order chi connectivity index (χ1) is 9.93. The van der Waals surface area contributed by atoms with Crippen LogP contribution in [0.2, 0.25) is 0 Å². The Morgan fingerprint density at radius 2 is 1.45 bits per heavy atom. The molecule has 0 amide bonds. The molecule has 112 valence electrons. The number of nitrogens with zero attached hydrogens (tertiary/aromatic N) is 1. The summed E-state index contributed by atoms with van der Waals surface area (Å²) in [5, 5.41) is 3.98. The molecule has 1 rings (SSSR count). The van der Waals surface area contributed by atoms with Crippen molar-refractivity contribution in [2.45, 2.75) is 64.7 Å². The topological polar surface area (TPSA) is 21.6 Å². The zero-order valence-electron chi connectivity index (χ0n) is 12.9. The van der Waals surface area contributed by atoms with Gasteiger partial charge in [-0.2, -0.15) is 0 Å². The van der Waals surface area contributed by atoms with Gasteiger partial charge < -0.3 is 4.84 Å².